The molecule has 1 aromatic rings. The zero-order valence-electron chi connectivity index (χ0n) is 16.5. The summed E-state index contributed by atoms with van der Waals surface area (Å²) in [4.78, 5) is 12.0. The summed E-state index contributed by atoms with van der Waals surface area (Å²) in [7, 11) is -1.78. The first-order chi connectivity index (χ1) is 12.0. The van der Waals surface area contributed by atoms with Crippen LogP contribution in [0.15, 0.2) is 28.9 Å². The molecule has 0 aliphatic rings. The fourth-order valence-electron chi connectivity index (χ4n) is 2.65. The summed E-state index contributed by atoms with van der Waals surface area (Å²) in [5.41, 5.74) is 1.19. The Morgan fingerprint density at radius 1 is 1.31 bits per heavy atom. The van der Waals surface area contributed by atoms with Crippen LogP contribution in [0.3, 0.4) is 0 Å². The third-order valence-corrected chi connectivity index (χ3v) is 5.67. The number of carbonyl (C=O) groups is 1. The second-order valence-corrected chi connectivity index (χ2v) is 9.62. The number of hydrogen-bond acceptors (Lipinski definition) is 6. The van der Waals surface area contributed by atoms with Crippen molar-refractivity contribution < 1.29 is 22.7 Å². The SMILES string of the molecule is COC(C)(C)/C(=C(\C=O)OC(C)C)c1ccc(S(C)(=O)=O)c(CSC)c1. The molecule has 0 radical (unpaired) electrons. The molecule has 0 fully saturated rings. The van der Waals surface area contributed by atoms with Gasteiger partial charge in [-0.15, -0.1) is 0 Å². The molecule has 1 aromatic carbocycles. The van der Waals surface area contributed by atoms with E-state index in [1.807, 2.05) is 34.0 Å². The summed E-state index contributed by atoms with van der Waals surface area (Å²) in [5.74, 6) is 0.729. The lowest BCUT2D eigenvalue weighted by molar-refractivity contribution is -0.108. The molecule has 0 aliphatic carbocycles. The number of hydrogen-bond donors (Lipinski definition) is 0. The molecule has 0 amide bonds. The Balaban J connectivity index is 3.75. The van der Waals surface area contributed by atoms with Gasteiger partial charge in [0.25, 0.3) is 0 Å². The highest BCUT2D eigenvalue weighted by Crippen LogP contribution is 2.35. The van der Waals surface area contributed by atoms with Crippen LogP contribution >= 0.6 is 11.8 Å². The molecule has 0 saturated carbocycles. The molecule has 26 heavy (non-hydrogen) atoms. The molecular formula is C19H28O5S2. The van der Waals surface area contributed by atoms with E-state index in [-0.39, 0.29) is 11.9 Å². The van der Waals surface area contributed by atoms with Crippen LogP contribution in [0.25, 0.3) is 5.57 Å². The maximum absolute atomic E-state index is 12.1. The first-order valence-electron chi connectivity index (χ1n) is 8.22. The predicted molar refractivity (Wildman–Crippen MR) is 107 cm³/mol. The average molecular weight is 401 g/mol. The molecule has 0 bridgehead atoms. The van der Waals surface area contributed by atoms with Crippen LogP contribution in [-0.4, -0.2) is 46.0 Å². The summed E-state index contributed by atoms with van der Waals surface area (Å²) in [5, 5.41) is 0. The second-order valence-electron chi connectivity index (χ2n) is 6.77. The number of rotatable bonds is 9. The molecule has 146 valence electrons. The normalized spacial score (nSPS) is 13.5. The van der Waals surface area contributed by atoms with Gasteiger partial charge in [0.15, 0.2) is 21.9 Å². The van der Waals surface area contributed by atoms with Crippen molar-refractivity contribution in [2.45, 2.75) is 50.0 Å². The lowest BCUT2D eigenvalue weighted by Crippen LogP contribution is -2.27. The molecule has 0 aromatic heterocycles. The van der Waals surface area contributed by atoms with Crippen molar-refractivity contribution in [2.24, 2.45) is 0 Å². The van der Waals surface area contributed by atoms with Gasteiger partial charge in [0, 0.05) is 24.7 Å². The van der Waals surface area contributed by atoms with Crippen LogP contribution in [0.1, 0.15) is 38.8 Å². The van der Waals surface area contributed by atoms with Crippen LogP contribution in [0.5, 0.6) is 0 Å². The molecule has 0 unspecified atom stereocenters. The van der Waals surface area contributed by atoms with Gasteiger partial charge in [0.1, 0.15) is 0 Å². The van der Waals surface area contributed by atoms with Gasteiger partial charge in [0.2, 0.25) is 0 Å². The number of thioether (sulfide) groups is 1. The first-order valence-corrected chi connectivity index (χ1v) is 11.5. The Hall–Kier alpha value is -1.31. The topological polar surface area (TPSA) is 69.7 Å². The van der Waals surface area contributed by atoms with Crippen molar-refractivity contribution in [3.05, 3.63) is 35.1 Å². The molecule has 0 saturated heterocycles. The van der Waals surface area contributed by atoms with Gasteiger partial charge in [0.05, 0.1) is 16.6 Å². The lowest BCUT2D eigenvalue weighted by atomic mass is 9.89. The fraction of sp³-hybridized carbons (Fsp3) is 0.526. The van der Waals surface area contributed by atoms with E-state index in [1.54, 1.807) is 25.3 Å². The number of benzene rings is 1. The highest BCUT2D eigenvalue weighted by atomic mass is 32.2. The molecule has 0 aliphatic heterocycles. The molecule has 1 rings (SSSR count). The Kier molecular flexibility index (Phi) is 7.92. The quantitative estimate of drug-likeness (QED) is 0.357. The van der Waals surface area contributed by atoms with Gasteiger partial charge < -0.3 is 9.47 Å². The zero-order valence-corrected chi connectivity index (χ0v) is 18.1. The molecule has 0 atom stereocenters. The van der Waals surface area contributed by atoms with Crippen LogP contribution < -0.4 is 0 Å². The number of ether oxygens (including phenoxy) is 2. The van der Waals surface area contributed by atoms with Crippen molar-refractivity contribution in [3.63, 3.8) is 0 Å². The molecule has 0 spiro atoms. The van der Waals surface area contributed by atoms with Gasteiger partial charge in [-0.2, -0.15) is 11.8 Å². The minimum Gasteiger partial charge on any atom is -0.487 e. The zero-order chi connectivity index (χ0) is 20.1. The average Bonchev–Trinajstić information content (AvgIpc) is 2.53. The Bertz CT molecular complexity index is 777. The van der Waals surface area contributed by atoms with Crippen molar-refractivity contribution in [1.82, 2.24) is 0 Å². The lowest BCUT2D eigenvalue weighted by Gasteiger charge is -2.29. The number of sulfone groups is 1. The van der Waals surface area contributed by atoms with E-state index in [4.69, 9.17) is 9.47 Å². The summed E-state index contributed by atoms with van der Waals surface area (Å²) < 4.78 is 35.4. The Labute approximate surface area is 161 Å². The number of methoxy groups -OCH3 is 1. The predicted octanol–water partition coefficient (Wildman–Crippen LogP) is 3.71. The van der Waals surface area contributed by atoms with E-state index in [9.17, 15) is 13.2 Å². The van der Waals surface area contributed by atoms with E-state index in [0.717, 1.165) is 0 Å². The highest BCUT2D eigenvalue weighted by Gasteiger charge is 2.30. The van der Waals surface area contributed by atoms with E-state index in [1.165, 1.54) is 18.0 Å². The standard InChI is InChI=1S/C19H28O5S2/c1-13(2)24-16(11-20)18(19(3,4)23-5)14-8-9-17(26(7,21)22)15(10-14)12-25-6/h8-11,13H,12H2,1-7H3/b18-16+. The number of carbonyl (C=O) groups excluding carboxylic acids is 1. The van der Waals surface area contributed by atoms with Gasteiger partial charge in [-0.25, -0.2) is 8.42 Å². The number of aldehydes is 1. The van der Waals surface area contributed by atoms with E-state index in [0.29, 0.717) is 33.6 Å². The van der Waals surface area contributed by atoms with Crippen molar-refractivity contribution in [3.8, 4) is 0 Å². The maximum atomic E-state index is 12.1. The van der Waals surface area contributed by atoms with Gasteiger partial charge in [-0.3, -0.25) is 4.79 Å². The van der Waals surface area contributed by atoms with E-state index < -0.39 is 15.4 Å². The Morgan fingerprint density at radius 3 is 2.35 bits per heavy atom. The van der Waals surface area contributed by atoms with Gasteiger partial charge in [-0.1, -0.05) is 6.07 Å². The summed E-state index contributed by atoms with van der Waals surface area (Å²) in [6, 6.07) is 5.08. The molecule has 0 N–H and O–H groups in total. The Morgan fingerprint density at radius 2 is 1.92 bits per heavy atom. The van der Waals surface area contributed by atoms with Crippen LogP contribution in [-0.2, 0) is 29.9 Å². The summed E-state index contributed by atoms with van der Waals surface area (Å²) >= 11 is 1.53. The summed E-state index contributed by atoms with van der Waals surface area (Å²) in [6.07, 6.45) is 3.60. The maximum Gasteiger partial charge on any atom is 0.185 e. The van der Waals surface area contributed by atoms with E-state index in [2.05, 4.69) is 0 Å². The fourth-order valence-corrected chi connectivity index (χ4v) is 4.22. The smallest absolute Gasteiger partial charge is 0.185 e. The summed E-state index contributed by atoms with van der Waals surface area (Å²) in [6.45, 7) is 7.36. The largest absolute Gasteiger partial charge is 0.487 e. The minimum absolute atomic E-state index is 0.182. The van der Waals surface area contributed by atoms with Crippen LogP contribution in [0.2, 0.25) is 0 Å². The van der Waals surface area contributed by atoms with Gasteiger partial charge >= 0.3 is 0 Å². The van der Waals surface area contributed by atoms with E-state index >= 15 is 0 Å². The van der Waals surface area contributed by atoms with Crippen molar-refractivity contribution >= 4 is 33.5 Å². The first kappa shape index (κ1) is 22.7. The minimum atomic E-state index is -3.35. The van der Waals surface area contributed by atoms with Gasteiger partial charge in [-0.05, 0) is 57.2 Å². The van der Waals surface area contributed by atoms with Crippen LogP contribution in [0.4, 0.5) is 0 Å². The monoisotopic (exact) mass is 400 g/mol. The molecule has 7 heteroatoms. The highest BCUT2D eigenvalue weighted by molar-refractivity contribution is 7.97. The van der Waals surface area contributed by atoms with Crippen LogP contribution in [0, 0.1) is 0 Å². The molecule has 5 nitrogen and oxygen atoms in total. The van der Waals surface area contributed by atoms with Crippen molar-refractivity contribution in [2.75, 3.05) is 19.6 Å². The third-order valence-electron chi connectivity index (χ3n) is 3.88. The van der Waals surface area contributed by atoms with Crippen molar-refractivity contribution in [1.29, 1.82) is 0 Å². The number of allylic oxidation sites excluding steroid dienone is 1. The molecular weight excluding hydrogens is 372 g/mol. The molecule has 0 heterocycles. The second kappa shape index (κ2) is 9.06. The third kappa shape index (κ3) is 5.59.